The quantitative estimate of drug-likeness (QED) is 0.266. The summed E-state index contributed by atoms with van der Waals surface area (Å²) in [5.41, 5.74) is 14.1. The molecular formula is C4H10N6O3. The predicted molar refractivity (Wildman–Crippen MR) is 41.9 cm³/mol. The number of hydrogen-bond acceptors (Lipinski definition) is 3. The first-order chi connectivity index (χ1) is 5.91. The molecule has 74 valence electrons. The van der Waals surface area contributed by atoms with Crippen LogP contribution in [0.1, 0.15) is 0 Å². The Balaban J connectivity index is 4.10. The van der Waals surface area contributed by atoms with Gasteiger partial charge in [-0.05, 0) is 0 Å². The van der Waals surface area contributed by atoms with E-state index in [1.54, 1.807) is 0 Å². The molecule has 0 rings (SSSR count). The van der Waals surface area contributed by atoms with Gasteiger partial charge in [-0.15, -0.1) is 0 Å². The van der Waals surface area contributed by atoms with Crippen LogP contribution in [0, 0.1) is 0 Å². The van der Waals surface area contributed by atoms with Gasteiger partial charge >= 0.3 is 18.1 Å². The van der Waals surface area contributed by atoms with Crippen LogP contribution in [0.2, 0.25) is 0 Å². The number of carbonyl (C=O) groups is 3. The van der Waals surface area contributed by atoms with E-state index in [2.05, 4.69) is 0 Å². The number of rotatable bonds is 3. The number of hydrogen-bond donors (Lipinski definition) is 6. The van der Waals surface area contributed by atoms with Crippen molar-refractivity contribution in [1.82, 2.24) is 16.0 Å². The number of amides is 6. The lowest BCUT2D eigenvalue weighted by Crippen LogP contribution is -2.61. The van der Waals surface area contributed by atoms with Gasteiger partial charge in [0.2, 0.25) is 0 Å². The molecule has 0 bridgehead atoms. The first-order valence-corrected chi connectivity index (χ1v) is 3.09. The zero-order chi connectivity index (χ0) is 10.4. The lowest BCUT2D eigenvalue weighted by molar-refractivity contribution is 0.223. The molecule has 6 amide bonds. The number of nitrogens with one attached hydrogen (secondary N) is 3. The summed E-state index contributed by atoms with van der Waals surface area (Å²) in [6.45, 7) is 0. The molecule has 0 fully saturated rings. The first-order valence-electron chi connectivity index (χ1n) is 3.09. The van der Waals surface area contributed by atoms with E-state index < -0.39 is 24.4 Å². The van der Waals surface area contributed by atoms with Gasteiger partial charge in [-0.3, -0.25) is 0 Å². The summed E-state index contributed by atoms with van der Waals surface area (Å²) in [6.07, 6.45) is -1.22. The van der Waals surface area contributed by atoms with Crippen LogP contribution in [-0.4, -0.2) is 24.4 Å². The molecule has 0 aliphatic carbocycles. The Labute approximate surface area is 73.0 Å². The highest BCUT2D eigenvalue weighted by Crippen LogP contribution is 1.71. The summed E-state index contributed by atoms with van der Waals surface area (Å²) in [4.78, 5) is 30.9. The third-order valence-electron chi connectivity index (χ3n) is 0.860. The zero-order valence-electron chi connectivity index (χ0n) is 6.53. The van der Waals surface area contributed by atoms with Crippen molar-refractivity contribution in [2.75, 3.05) is 0 Å². The minimum absolute atomic E-state index is 0.951. The molecule has 0 saturated heterocycles. The third-order valence-corrected chi connectivity index (χ3v) is 0.860. The molecule has 0 spiro atoms. The summed E-state index contributed by atoms with van der Waals surface area (Å²) in [7, 11) is 0. The summed E-state index contributed by atoms with van der Waals surface area (Å²) >= 11 is 0. The highest BCUT2D eigenvalue weighted by Gasteiger charge is 2.12. The molecule has 0 aromatic heterocycles. The largest absolute Gasteiger partial charge is 0.352 e. The Kier molecular flexibility index (Phi) is 3.86. The molecule has 0 unspecified atom stereocenters. The Bertz CT molecular complexity index is 190. The number of nitrogens with two attached hydrogens (primary N) is 3. The second-order valence-corrected chi connectivity index (χ2v) is 1.96. The molecule has 0 saturated carbocycles. The predicted octanol–water partition coefficient (Wildman–Crippen LogP) is -2.73. The summed E-state index contributed by atoms with van der Waals surface area (Å²) in [5, 5.41) is 5.87. The minimum atomic E-state index is -1.22. The highest BCUT2D eigenvalue weighted by atomic mass is 16.2. The zero-order valence-corrected chi connectivity index (χ0v) is 6.53. The van der Waals surface area contributed by atoms with Gasteiger partial charge < -0.3 is 33.2 Å². The first kappa shape index (κ1) is 10.8. The highest BCUT2D eigenvalue weighted by molar-refractivity contribution is 5.77. The van der Waals surface area contributed by atoms with Crippen molar-refractivity contribution in [2.45, 2.75) is 6.29 Å². The van der Waals surface area contributed by atoms with Crippen molar-refractivity contribution in [3.8, 4) is 0 Å². The lowest BCUT2D eigenvalue weighted by atomic mass is 10.7. The second-order valence-electron chi connectivity index (χ2n) is 1.96. The maximum absolute atomic E-state index is 10.3. The van der Waals surface area contributed by atoms with Crippen LogP contribution in [0.3, 0.4) is 0 Å². The van der Waals surface area contributed by atoms with E-state index in [0.717, 1.165) is 0 Å². The molecule has 0 atom stereocenters. The standard InChI is InChI=1S/C4H10N6O3/c5-1(11)8-4(9-2(6)12)10-3(7)13/h4H,(H3,5,8,11)(H3,6,9,12)(H3,7,10,13). The molecule has 0 aromatic rings. The molecule has 0 radical (unpaired) electrons. The molecular weight excluding hydrogens is 180 g/mol. The lowest BCUT2D eigenvalue weighted by Gasteiger charge is -2.17. The van der Waals surface area contributed by atoms with Gasteiger partial charge in [-0.1, -0.05) is 0 Å². The van der Waals surface area contributed by atoms with Gasteiger partial charge in [0.1, 0.15) is 0 Å². The molecule has 9 heteroatoms. The van der Waals surface area contributed by atoms with E-state index in [1.807, 2.05) is 16.0 Å². The maximum Gasteiger partial charge on any atom is 0.315 e. The van der Waals surface area contributed by atoms with E-state index in [0.29, 0.717) is 0 Å². The Morgan fingerprint density at radius 3 is 1.15 bits per heavy atom. The SMILES string of the molecule is NC(=O)NC(NC(N)=O)NC(N)=O. The molecule has 9 nitrogen and oxygen atoms in total. The molecule has 0 aliphatic rings. The average Bonchev–Trinajstić information content (AvgIpc) is 1.80. The fraction of sp³-hybridized carbons (Fsp3) is 0.250. The van der Waals surface area contributed by atoms with Crippen LogP contribution < -0.4 is 33.2 Å². The van der Waals surface area contributed by atoms with Gasteiger partial charge in [0.25, 0.3) is 0 Å². The van der Waals surface area contributed by atoms with Gasteiger partial charge in [-0.25, -0.2) is 14.4 Å². The van der Waals surface area contributed by atoms with Crippen LogP contribution in [0.4, 0.5) is 14.4 Å². The van der Waals surface area contributed by atoms with Gasteiger partial charge in [-0.2, -0.15) is 0 Å². The molecule has 0 aliphatic heterocycles. The topological polar surface area (TPSA) is 165 Å². The minimum Gasteiger partial charge on any atom is -0.352 e. The van der Waals surface area contributed by atoms with Crippen molar-refractivity contribution >= 4 is 18.1 Å². The van der Waals surface area contributed by atoms with Gasteiger partial charge in [0, 0.05) is 0 Å². The molecule has 13 heavy (non-hydrogen) atoms. The van der Waals surface area contributed by atoms with Crippen molar-refractivity contribution in [3.05, 3.63) is 0 Å². The number of urea groups is 3. The monoisotopic (exact) mass is 190 g/mol. The van der Waals surface area contributed by atoms with Crippen LogP contribution in [-0.2, 0) is 0 Å². The van der Waals surface area contributed by atoms with E-state index >= 15 is 0 Å². The molecule has 0 heterocycles. The van der Waals surface area contributed by atoms with Gasteiger partial charge in [0.05, 0.1) is 0 Å². The number of carbonyl (C=O) groups excluding carboxylic acids is 3. The smallest absolute Gasteiger partial charge is 0.315 e. The normalized spacial score (nSPS) is 9.00. The van der Waals surface area contributed by atoms with Crippen molar-refractivity contribution in [1.29, 1.82) is 0 Å². The second kappa shape index (κ2) is 4.64. The van der Waals surface area contributed by atoms with Crippen molar-refractivity contribution in [2.24, 2.45) is 17.2 Å². The summed E-state index contributed by atoms with van der Waals surface area (Å²) in [6, 6.07) is -2.85. The molecule has 9 N–H and O–H groups in total. The van der Waals surface area contributed by atoms with E-state index in [-0.39, 0.29) is 0 Å². The van der Waals surface area contributed by atoms with Crippen LogP contribution in [0.5, 0.6) is 0 Å². The van der Waals surface area contributed by atoms with Crippen LogP contribution in [0.15, 0.2) is 0 Å². The van der Waals surface area contributed by atoms with Crippen molar-refractivity contribution < 1.29 is 14.4 Å². The third kappa shape index (κ3) is 6.22. The van der Waals surface area contributed by atoms with Gasteiger partial charge in [0.15, 0.2) is 6.29 Å². The van der Waals surface area contributed by atoms with Crippen LogP contribution >= 0.6 is 0 Å². The summed E-state index contributed by atoms with van der Waals surface area (Å²) < 4.78 is 0. The summed E-state index contributed by atoms with van der Waals surface area (Å²) in [5.74, 6) is 0. The Hall–Kier alpha value is -2.19. The number of primary amides is 3. The van der Waals surface area contributed by atoms with Crippen molar-refractivity contribution in [3.63, 3.8) is 0 Å². The fourth-order valence-electron chi connectivity index (χ4n) is 0.535. The van der Waals surface area contributed by atoms with E-state index in [1.165, 1.54) is 0 Å². The average molecular weight is 190 g/mol. The van der Waals surface area contributed by atoms with Crippen LogP contribution in [0.25, 0.3) is 0 Å². The van der Waals surface area contributed by atoms with E-state index in [9.17, 15) is 14.4 Å². The molecule has 0 aromatic carbocycles. The Morgan fingerprint density at radius 2 is 1.00 bits per heavy atom. The Morgan fingerprint density at radius 1 is 0.769 bits per heavy atom. The maximum atomic E-state index is 10.3. The van der Waals surface area contributed by atoms with E-state index in [4.69, 9.17) is 17.2 Å². The fourth-order valence-corrected chi connectivity index (χ4v) is 0.535.